The lowest BCUT2D eigenvalue weighted by Crippen LogP contribution is -2.26. The number of rotatable bonds is 6. The van der Waals surface area contributed by atoms with Crippen LogP contribution in [0.15, 0.2) is 48.5 Å². The van der Waals surface area contributed by atoms with Crippen molar-refractivity contribution in [2.45, 2.75) is 25.5 Å². The zero-order valence-electron chi connectivity index (χ0n) is 11.9. The number of hydrogen-bond donors (Lipinski definition) is 2. The third kappa shape index (κ3) is 4.09. The average molecular weight is 291 g/mol. The molecule has 0 radical (unpaired) electrons. The van der Waals surface area contributed by atoms with Gasteiger partial charge in [-0.15, -0.1) is 0 Å². The van der Waals surface area contributed by atoms with Gasteiger partial charge in [0.1, 0.15) is 11.6 Å². The van der Waals surface area contributed by atoms with Gasteiger partial charge in [0.2, 0.25) is 0 Å². The standard InChI is InChI=1S/C17H19F2NO/c1-2-16(12-7-9-13(18)10-8-12)20-11-17(21)14-5-3-4-6-15(14)19/h3-10,16-17,20-21H,2,11H2,1H3/t16-,17?/m1/s1. The lowest BCUT2D eigenvalue weighted by atomic mass is 10.0. The van der Waals surface area contributed by atoms with Gasteiger partial charge in [-0.25, -0.2) is 8.78 Å². The summed E-state index contributed by atoms with van der Waals surface area (Å²) in [7, 11) is 0. The summed E-state index contributed by atoms with van der Waals surface area (Å²) in [5.74, 6) is -0.693. The quantitative estimate of drug-likeness (QED) is 0.850. The highest BCUT2D eigenvalue weighted by molar-refractivity contribution is 5.22. The molecule has 0 aliphatic rings. The van der Waals surface area contributed by atoms with E-state index in [0.29, 0.717) is 0 Å². The number of benzene rings is 2. The van der Waals surface area contributed by atoms with Crippen molar-refractivity contribution in [1.82, 2.24) is 5.32 Å². The first kappa shape index (κ1) is 15.6. The number of halogens is 2. The minimum Gasteiger partial charge on any atom is -0.387 e. The second-order valence-corrected chi connectivity index (χ2v) is 4.96. The second-order valence-electron chi connectivity index (χ2n) is 4.96. The first-order valence-corrected chi connectivity index (χ1v) is 7.03. The van der Waals surface area contributed by atoms with Gasteiger partial charge in [0.05, 0.1) is 6.10 Å². The van der Waals surface area contributed by atoms with E-state index >= 15 is 0 Å². The van der Waals surface area contributed by atoms with E-state index in [1.54, 1.807) is 30.3 Å². The summed E-state index contributed by atoms with van der Waals surface area (Å²) in [6.07, 6.45) is -0.129. The molecule has 0 bridgehead atoms. The van der Waals surface area contributed by atoms with Crippen molar-refractivity contribution in [3.05, 3.63) is 71.3 Å². The van der Waals surface area contributed by atoms with Crippen molar-refractivity contribution < 1.29 is 13.9 Å². The molecule has 2 rings (SSSR count). The van der Waals surface area contributed by atoms with E-state index < -0.39 is 11.9 Å². The Kier molecular flexibility index (Phi) is 5.42. The van der Waals surface area contributed by atoms with Crippen LogP contribution < -0.4 is 5.32 Å². The number of aliphatic hydroxyl groups is 1. The predicted molar refractivity (Wildman–Crippen MR) is 78.8 cm³/mol. The molecule has 0 saturated heterocycles. The highest BCUT2D eigenvalue weighted by Gasteiger charge is 2.15. The molecule has 112 valence electrons. The van der Waals surface area contributed by atoms with Gasteiger partial charge in [-0.2, -0.15) is 0 Å². The lowest BCUT2D eigenvalue weighted by molar-refractivity contribution is 0.165. The van der Waals surface area contributed by atoms with E-state index in [1.807, 2.05) is 6.92 Å². The molecular weight excluding hydrogens is 272 g/mol. The second kappa shape index (κ2) is 7.29. The van der Waals surface area contributed by atoms with Gasteiger partial charge in [0, 0.05) is 18.2 Å². The fourth-order valence-electron chi connectivity index (χ4n) is 2.30. The minimum absolute atomic E-state index is 0.00739. The molecule has 2 nitrogen and oxygen atoms in total. The Balaban J connectivity index is 2.00. The SMILES string of the molecule is CC[C@@H](NCC(O)c1ccccc1F)c1ccc(F)cc1. The Morgan fingerprint density at radius 2 is 1.71 bits per heavy atom. The van der Waals surface area contributed by atoms with Crippen molar-refractivity contribution in [3.8, 4) is 0 Å². The zero-order chi connectivity index (χ0) is 15.2. The maximum absolute atomic E-state index is 13.6. The van der Waals surface area contributed by atoms with Crippen molar-refractivity contribution in [1.29, 1.82) is 0 Å². The molecule has 1 unspecified atom stereocenters. The van der Waals surface area contributed by atoms with Gasteiger partial charge in [-0.3, -0.25) is 0 Å². The third-order valence-electron chi connectivity index (χ3n) is 3.50. The Bertz CT molecular complexity index is 571. The maximum Gasteiger partial charge on any atom is 0.129 e. The van der Waals surface area contributed by atoms with Gasteiger partial charge in [-0.05, 0) is 30.2 Å². The molecule has 0 aliphatic heterocycles. The van der Waals surface area contributed by atoms with E-state index in [0.717, 1.165) is 12.0 Å². The maximum atomic E-state index is 13.6. The number of hydrogen-bond acceptors (Lipinski definition) is 2. The monoisotopic (exact) mass is 291 g/mol. The largest absolute Gasteiger partial charge is 0.387 e. The molecule has 2 N–H and O–H groups in total. The summed E-state index contributed by atoms with van der Waals surface area (Å²) >= 11 is 0. The molecule has 0 fully saturated rings. The van der Waals surface area contributed by atoms with E-state index in [2.05, 4.69) is 5.32 Å². The van der Waals surface area contributed by atoms with Gasteiger partial charge in [0.25, 0.3) is 0 Å². The molecule has 21 heavy (non-hydrogen) atoms. The predicted octanol–water partition coefficient (Wildman–Crippen LogP) is 3.74. The molecule has 0 amide bonds. The minimum atomic E-state index is -0.916. The van der Waals surface area contributed by atoms with Crippen LogP contribution in [-0.2, 0) is 0 Å². The molecule has 0 spiro atoms. The topological polar surface area (TPSA) is 32.3 Å². The summed E-state index contributed by atoms with van der Waals surface area (Å²) in [5.41, 5.74) is 1.22. The fourth-order valence-corrected chi connectivity index (χ4v) is 2.30. The van der Waals surface area contributed by atoms with Gasteiger partial charge >= 0.3 is 0 Å². The summed E-state index contributed by atoms with van der Waals surface area (Å²) < 4.78 is 26.5. The Morgan fingerprint density at radius 3 is 2.33 bits per heavy atom. The van der Waals surface area contributed by atoms with Crippen molar-refractivity contribution >= 4 is 0 Å². The van der Waals surface area contributed by atoms with Crippen LogP contribution in [-0.4, -0.2) is 11.7 Å². The first-order chi connectivity index (χ1) is 10.1. The summed E-state index contributed by atoms with van der Waals surface area (Å²) in [5, 5.41) is 13.3. The zero-order valence-corrected chi connectivity index (χ0v) is 11.9. The third-order valence-corrected chi connectivity index (χ3v) is 3.50. The highest BCUT2D eigenvalue weighted by Crippen LogP contribution is 2.20. The Morgan fingerprint density at radius 1 is 1.05 bits per heavy atom. The smallest absolute Gasteiger partial charge is 0.129 e. The summed E-state index contributed by atoms with van der Waals surface area (Å²) in [4.78, 5) is 0. The van der Waals surface area contributed by atoms with Crippen LogP contribution in [0.4, 0.5) is 8.78 Å². The summed E-state index contributed by atoms with van der Waals surface area (Å²) in [6.45, 7) is 2.23. The van der Waals surface area contributed by atoms with E-state index in [1.165, 1.54) is 18.2 Å². The number of nitrogens with one attached hydrogen (secondary N) is 1. The fraction of sp³-hybridized carbons (Fsp3) is 0.294. The van der Waals surface area contributed by atoms with Crippen LogP contribution in [0.2, 0.25) is 0 Å². The highest BCUT2D eigenvalue weighted by atomic mass is 19.1. The van der Waals surface area contributed by atoms with Crippen LogP contribution in [0.3, 0.4) is 0 Å². The van der Waals surface area contributed by atoms with Gasteiger partial charge in [-0.1, -0.05) is 37.3 Å². The van der Waals surface area contributed by atoms with Crippen molar-refractivity contribution in [3.63, 3.8) is 0 Å². The van der Waals surface area contributed by atoms with Crippen molar-refractivity contribution in [2.24, 2.45) is 0 Å². The molecule has 4 heteroatoms. The Labute approximate surface area is 123 Å². The molecule has 2 aromatic carbocycles. The van der Waals surface area contributed by atoms with Crippen LogP contribution in [0.25, 0.3) is 0 Å². The van der Waals surface area contributed by atoms with Crippen LogP contribution >= 0.6 is 0 Å². The Hall–Kier alpha value is -1.78. The average Bonchev–Trinajstić information content (AvgIpc) is 2.49. The molecule has 0 aromatic heterocycles. The molecular formula is C17H19F2NO. The van der Waals surface area contributed by atoms with Gasteiger partial charge in [0.15, 0.2) is 0 Å². The molecule has 2 aromatic rings. The normalized spacial score (nSPS) is 13.9. The van der Waals surface area contributed by atoms with Crippen LogP contribution in [0, 0.1) is 11.6 Å². The van der Waals surface area contributed by atoms with Gasteiger partial charge < -0.3 is 10.4 Å². The van der Waals surface area contributed by atoms with Crippen molar-refractivity contribution in [2.75, 3.05) is 6.54 Å². The molecule has 0 saturated carbocycles. The summed E-state index contributed by atoms with van der Waals surface area (Å²) in [6, 6.07) is 12.4. The molecule has 0 heterocycles. The number of aliphatic hydroxyl groups excluding tert-OH is 1. The van der Waals surface area contributed by atoms with E-state index in [4.69, 9.17) is 0 Å². The first-order valence-electron chi connectivity index (χ1n) is 7.03. The van der Waals surface area contributed by atoms with Crippen LogP contribution in [0.1, 0.15) is 36.6 Å². The van der Waals surface area contributed by atoms with Crippen LogP contribution in [0.5, 0.6) is 0 Å². The van der Waals surface area contributed by atoms with E-state index in [-0.39, 0.29) is 24.0 Å². The van der Waals surface area contributed by atoms with E-state index in [9.17, 15) is 13.9 Å². The lowest BCUT2D eigenvalue weighted by Gasteiger charge is -2.20. The molecule has 0 aliphatic carbocycles. The molecule has 2 atom stereocenters.